The molecule has 4 rings (SSSR count). The summed E-state index contributed by atoms with van der Waals surface area (Å²) in [6.07, 6.45) is 0.216. The molecule has 0 spiro atoms. The van der Waals surface area contributed by atoms with Crippen LogP contribution >= 0.6 is 0 Å². The number of carbonyl (C=O) groups excluding carboxylic acids is 2. The molecule has 4 aromatic rings. The maximum Gasteiger partial charge on any atom is 0.342 e. The lowest BCUT2D eigenvalue weighted by Gasteiger charge is -2.14. The number of sulfonamides is 1. The van der Waals surface area contributed by atoms with Crippen LogP contribution in [0.4, 0.5) is 10.1 Å². The molecule has 1 unspecified atom stereocenters. The van der Waals surface area contributed by atoms with Crippen LogP contribution < -0.4 is 15.2 Å². The zero-order valence-corrected chi connectivity index (χ0v) is 21.1. The number of primary sulfonamides is 1. The van der Waals surface area contributed by atoms with Crippen molar-refractivity contribution >= 4 is 27.6 Å². The quantitative estimate of drug-likeness (QED) is 0.327. The first-order chi connectivity index (χ1) is 18.0. The van der Waals surface area contributed by atoms with Crippen molar-refractivity contribution in [3.63, 3.8) is 0 Å². The van der Waals surface area contributed by atoms with Gasteiger partial charge in [-0.15, -0.1) is 0 Å². The molecule has 0 saturated heterocycles. The van der Waals surface area contributed by atoms with Crippen molar-refractivity contribution in [3.8, 4) is 22.7 Å². The zero-order valence-electron chi connectivity index (χ0n) is 20.3. The van der Waals surface area contributed by atoms with E-state index in [9.17, 15) is 22.4 Å². The van der Waals surface area contributed by atoms with E-state index >= 15 is 0 Å². The molecule has 0 aliphatic carbocycles. The van der Waals surface area contributed by atoms with E-state index in [1.54, 1.807) is 24.3 Å². The molecule has 0 fully saturated rings. The Hall–Kier alpha value is -4.55. The van der Waals surface area contributed by atoms with Gasteiger partial charge in [0, 0.05) is 17.4 Å². The predicted octanol–water partition coefficient (Wildman–Crippen LogP) is 3.52. The third-order valence-corrected chi connectivity index (χ3v) is 6.40. The number of nitrogens with one attached hydrogen (secondary N) is 1. The molecule has 0 saturated carbocycles. The molecule has 0 aliphatic heterocycles. The Morgan fingerprint density at radius 2 is 1.74 bits per heavy atom. The van der Waals surface area contributed by atoms with Gasteiger partial charge in [0.25, 0.3) is 5.91 Å². The van der Waals surface area contributed by atoms with Crippen LogP contribution in [0.2, 0.25) is 0 Å². The van der Waals surface area contributed by atoms with E-state index in [1.807, 2.05) is 0 Å². The molecule has 1 heterocycles. The minimum Gasteiger partial charge on any atom is -0.497 e. The summed E-state index contributed by atoms with van der Waals surface area (Å²) in [6.45, 7) is 1.39. The summed E-state index contributed by atoms with van der Waals surface area (Å²) in [5.41, 5.74) is 1.68. The maximum absolute atomic E-state index is 13.4. The smallest absolute Gasteiger partial charge is 0.342 e. The molecule has 10 nitrogen and oxygen atoms in total. The Balaban J connectivity index is 1.58. The molecular weight excluding hydrogens is 515 g/mol. The molecule has 3 N–H and O–H groups in total. The molecule has 1 amide bonds. The van der Waals surface area contributed by atoms with Crippen molar-refractivity contribution < 1.29 is 31.9 Å². The van der Waals surface area contributed by atoms with Crippen molar-refractivity contribution in [2.75, 3.05) is 12.4 Å². The number of nitrogens with two attached hydrogens (primary N) is 1. The maximum atomic E-state index is 13.4. The highest BCUT2D eigenvalue weighted by Crippen LogP contribution is 2.28. The van der Waals surface area contributed by atoms with Gasteiger partial charge in [-0.25, -0.2) is 27.4 Å². The number of anilines is 1. The highest BCUT2D eigenvalue weighted by atomic mass is 32.2. The first-order valence-corrected chi connectivity index (χ1v) is 12.7. The summed E-state index contributed by atoms with van der Waals surface area (Å²) >= 11 is 0. The normalized spacial score (nSPS) is 12.0. The Morgan fingerprint density at radius 1 is 1.05 bits per heavy atom. The van der Waals surface area contributed by atoms with Crippen molar-refractivity contribution in [1.29, 1.82) is 0 Å². The summed E-state index contributed by atoms with van der Waals surface area (Å²) in [4.78, 5) is 25.7. The number of rotatable bonds is 8. The summed E-state index contributed by atoms with van der Waals surface area (Å²) in [7, 11) is -2.37. The second-order valence-corrected chi connectivity index (χ2v) is 9.71. The van der Waals surface area contributed by atoms with Gasteiger partial charge < -0.3 is 14.8 Å². The van der Waals surface area contributed by atoms with E-state index in [-0.39, 0.29) is 21.8 Å². The fraction of sp³-hybridized carbons (Fsp3) is 0.115. The van der Waals surface area contributed by atoms with Gasteiger partial charge in [-0.2, -0.15) is 5.10 Å². The number of aromatic nitrogens is 2. The molecule has 12 heteroatoms. The van der Waals surface area contributed by atoms with Gasteiger partial charge in [-0.1, -0.05) is 12.1 Å². The van der Waals surface area contributed by atoms with Crippen molar-refractivity contribution in [3.05, 3.63) is 90.4 Å². The number of hydrogen-bond donors (Lipinski definition) is 2. The van der Waals surface area contributed by atoms with Crippen molar-refractivity contribution in [1.82, 2.24) is 9.78 Å². The van der Waals surface area contributed by atoms with E-state index in [0.717, 1.165) is 0 Å². The van der Waals surface area contributed by atoms with Gasteiger partial charge in [0.1, 0.15) is 22.8 Å². The molecule has 0 bridgehead atoms. The largest absolute Gasteiger partial charge is 0.497 e. The standard InChI is InChI=1S/C26H23FN4O6S/c1-16(25(32)29-19-8-12-22(13-9-19)38(28,34)35)37-26(33)23-15-31(20-10-6-18(27)7-11-20)30-24(23)17-4-3-5-21(14-17)36-2/h3-16H,1-2H3,(H,29,32)(H2,28,34,35). The predicted molar refractivity (Wildman–Crippen MR) is 137 cm³/mol. The monoisotopic (exact) mass is 538 g/mol. The van der Waals surface area contributed by atoms with Crippen molar-refractivity contribution in [2.45, 2.75) is 17.9 Å². The summed E-state index contributed by atoms with van der Waals surface area (Å²) < 4.78 is 48.3. The first kappa shape index (κ1) is 26.5. The number of hydrogen-bond acceptors (Lipinski definition) is 7. The second kappa shape index (κ2) is 10.8. The lowest BCUT2D eigenvalue weighted by Crippen LogP contribution is -2.30. The Labute approximate surface area is 217 Å². The Morgan fingerprint density at radius 3 is 2.37 bits per heavy atom. The Kier molecular flexibility index (Phi) is 7.55. The average molecular weight is 539 g/mol. The molecule has 1 aromatic heterocycles. The zero-order chi connectivity index (χ0) is 27.4. The molecule has 1 atom stereocenters. The van der Waals surface area contributed by atoms with E-state index in [0.29, 0.717) is 17.0 Å². The van der Waals surface area contributed by atoms with Gasteiger partial charge in [-0.3, -0.25) is 4.79 Å². The second-order valence-electron chi connectivity index (χ2n) is 8.15. The van der Waals surface area contributed by atoms with Crippen LogP contribution in [-0.4, -0.2) is 43.3 Å². The highest BCUT2D eigenvalue weighted by molar-refractivity contribution is 7.89. The molecule has 196 valence electrons. The van der Waals surface area contributed by atoms with Gasteiger partial charge in [0.2, 0.25) is 10.0 Å². The minimum atomic E-state index is -3.88. The SMILES string of the molecule is COc1cccc(-c2nn(-c3ccc(F)cc3)cc2C(=O)OC(C)C(=O)Nc2ccc(S(N)(=O)=O)cc2)c1. The molecule has 0 radical (unpaired) electrons. The summed E-state index contributed by atoms with van der Waals surface area (Å²) in [5.74, 6) is -1.34. The lowest BCUT2D eigenvalue weighted by molar-refractivity contribution is -0.123. The van der Waals surface area contributed by atoms with E-state index in [2.05, 4.69) is 10.4 Å². The van der Waals surface area contributed by atoms with Crippen LogP contribution in [0.25, 0.3) is 16.9 Å². The number of amides is 1. The van der Waals surface area contributed by atoms with Crippen LogP contribution in [0.1, 0.15) is 17.3 Å². The third-order valence-electron chi connectivity index (χ3n) is 5.47. The number of nitrogens with zero attached hydrogens (tertiary/aromatic N) is 2. The average Bonchev–Trinajstić information content (AvgIpc) is 3.34. The number of methoxy groups -OCH3 is 1. The minimum absolute atomic E-state index is 0.0692. The third kappa shape index (κ3) is 6.05. The number of carbonyl (C=O) groups is 2. The summed E-state index contributed by atoms with van der Waals surface area (Å²) in [5, 5.41) is 12.1. The number of halogens is 1. The molecular formula is C26H23FN4O6S. The fourth-order valence-corrected chi connectivity index (χ4v) is 4.00. The topological polar surface area (TPSA) is 143 Å². The fourth-order valence-electron chi connectivity index (χ4n) is 3.48. The van der Waals surface area contributed by atoms with E-state index < -0.39 is 33.8 Å². The van der Waals surface area contributed by atoms with Crippen LogP contribution in [0, 0.1) is 5.82 Å². The van der Waals surface area contributed by atoms with Crippen molar-refractivity contribution in [2.24, 2.45) is 5.14 Å². The van der Waals surface area contributed by atoms with E-state index in [1.165, 1.54) is 73.4 Å². The van der Waals surface area contributed by atoms with Crippen LogP contribution in [0.5, 0.6) is 5.75 Å². The van der Waals surface area contributed by atoms with Gasteiger partial charge in [-0.05, 0) is 67.6 Å². The molecule has 38 heavy (non-hydrogen) atoms. The van der Waals surface area contributed by atoms with E-state index in [4.69, 9.17) is 14.6 Å². The number of esters is 1. The number of ether oxygens (including phenoxy) is 2. The number of benzene rings is 3. The lowest BCUT2D eigenvalue weighted by atomic mass is 10.1. The van der Waals surface area contributed by atoms with Gasteiger partial charge in [0.15, 0.2) is 6.10 Å². The Bertz CT molecular complexity index is 1580. The highest BCUT2D eigenvalue weighted by Gasteiger charge is 2.25. The molecule has 0 aliphatic rings. The van der Waals surface area contributed by atoms with Crippen LogP contribution in [-0.2, 0) is 19.6 Å². The molecule has 3 aromatic carbocycles. The van der Waals surface area contributed by atoms with Crippen LogP contribution in [0.3, 0.4) is 0 Å². The van der Waals surface area contributed by atoms with Gasteiger partial charge in [0.05, 0.1) is 17.7 Å². The van der Waals surface area contributed by atoms with Gasteiger partial charge >= 0.3 is 5.97 Å². The summed E-state index contributed by atoms with van der Waals surface area (Å²) in [6, 6.07) is 17.6. The first-order valence-electron chi connectivity index (χ1n) is 11.2. The van der Waals surface area contributed by atoms with Crippen LogP contribution in [0.15, 0.2) is 83.9 Å².